The quantitative estimate of drug-likeness (QED) is 0.0220. The zero-order valence-corrected chi connectivity index (χ0v) is 32.2. The summed E-state index contributed by atoms with van der Waals surface area (Å²) in [5.74, 6) is 0. The summed E-state index contributed by atoms with van der Waals surface area (Å²) in [5.41, 5.74) is 1.88. The topological polar surface area (TPSA) is 311 Å². The second-order valence-corrected chi connectivity index (χ2v) is 17.8. The van der Waals surface area contributed by atoms with E-state index in [1.54, 1.807) is 31.3 Å². The lowest BCUT2D eigenvalue weighted by molar-refractivity contribution is -0.136. The van der Waals surface area contributed by atoms with Gasteiger partial charge in [-0.05, 0) is 19.3 Å². The third kappa shape index (κ3) is 16.2. The van der Waals surface area contributed by atoms with Crippen LogP contribution in [-0.2, 0) is 28.0 Å². The summed E-state index contributed by atoms with van der Waals surface area (Å²) in [6.07, 6.45) is 0.183. The largest absolute Gasteiger partial charge is 0.360 e. The van der Waals surface area contributed by atoms with Crippen molar-refractivity contribution < 1.29 is 89.0 Å². The first-order valence-electron chi connectivity index (χ1n) is 13.3. The predicted molar refractivity (Wildman–Crippen MR) is 188 cm³/mol. The van der Waals surface area contributed by atoms with Crippen molar-refractivity contribution in [2.75, 3.05) is 70.4 Å². The zero-order chi connectivity index (χ0) is 36.3. The van der Waals surface area contributed by atoms with E-state index in [0.717, 1.165) is 0 Å². The van der Waals surface area contributed by atoms with Crippen molar-refractivity contribution in [3.05, 3.63) is 21.5 Å². The lowest BCUT2D eigenvalue weighted by Crippen LogP contribution is -2.30. The second kappa shape index (κ2) is 25.5. The number of nitrogens with zero attached hydrogens (tertiary/aromatic N) is 4. The highest BCUT2D eigenvalue weighted by molar-refractivity contribution is 7.48. The molecule has 0 aliphatic carbocycles. The van der Waals surface area contributed by atoms with E-state index >= 15 is 0 Å². The molecule has 49 heavy (non-hydrogen) atoms. The molecule has 30 heteroatoms. The van der Waals surface area contributed by atoms with Crippen LogP contribution in [0.5, 0.6) is 0 Å². The van der Waals surface area contributed by atoms with Gasteiger partial charge in [0.15, 0.2) is 0 Å². The molecule has 0 spiro atoms. The Morgan fingerprint density at radius 3 is 0.857 bits per heavy atom. The molecule has 6 atom stereocenters. The second-order valence-electron chi connectivity index (χ2n) is 9.40. The minimum atomic E-state index is -2.36. The number of unbranched alkanes of at least 4 members (excludes halogenated alkanes) is 2. The third-order valence-corrected chi connectivity index (χ3v) is 12.3. The van der Waals surface area contributed by atoms with Crippen molar-refractivity contribution in [3.63, 3.8) is 0 Å². The number of thiophene rings is 2. The molecular weight excluding hydrogens is 822 g/mol. The Kier molecular flexibility index (Phi) is 23.7. The molecule has 0 bridgehead atoms. The van der Waals surface area contributed by atoms with Crippen LogP contribution in [0, 0.1) is 0 Å². The highest BCUT2D eigenvalue weighted by Gasteiger charge is 2.27. The van der Waals surface area contributed by atoms with Gasteiger partial charge in [-0.1, -0.05) is 0 Å². The van der Waals surface area contributed by atoms with Gasteiger partial charge in [0.2, 0.25) is 50.3 Å². The lowest BCUT2D eigenvalue weighted by atomic mass is 10.2. The van der Waals surface area contributed by atoms with E-state index in [1.807, 2.05) is 0 Å². The molecule has 0 saturated heterocycles. The molecule has 0 amide bonds. The van der Waals surface area contributed by atoms with Crippen LogP contribution in [0.3, 0.4) is 0 Å². The first-order valence-corrected chi connectivity index (χ1v) is 23.6. The fourth-order valence-electron chi connectivity index (χ4n) is 4.26. The summed E-state index contributed by atoms with van der Waals surface area (Å²) in [4.78, 5) is 66.3. The number of hydrogen-bond acceptors (Lipinski definition) is 24. The maximum atomic E-state index is 10.1. The SMILES string of the molecule is OOP(O)CN(CCCCCN(CP(O)OO)c1cscc1N(CP(O)OO)CP(O)OO)c1cscc1N(CP(O)OO)CP(O)OO. The van der Waals surface area contributed by atoms with Gasteiger partial charge in [0.1, 0.15) is 0 Å². The molecule has 6 unspecified atom stereocenters. The predicted octanol–water partition coefficient (Wildman–Crippen LogP) is 5.41. The first-order chi connectivity index (χ1) is 23.5. The van der Waals surface area contributed by atoms with Crippen LogP contribution in [0.15, 0.2) is 21.5 Å². The average molecular weight is 861 g/mol. The van der Waals surface area contributed by atoms with Crippen molar-refractivity contribution in [2.24, 2.45) is 0 Å². The molecule has 12 N–H and O–H groups in total. The zero-order valence-electron chi connectivity index (χ0n) is 25.2. The molecule has 284 valence electrons. The summed E-state index contributed by atoms with van der Waals surface area (Å²) >= 11 is 2.48. The Morgan fingerprint density at radius 1 is 0.388 bits per heavy atom. The van der Waals surface area contributed by atoms with Crippen molar-refractivity contribution in [3.8, 4) is 0 Å². The third-order valence-electron chi connectivity index (χ3n) is 6.28. The minimum Gasteiger partial charge on any atom is -0.360 e. The number of rotatable bonds is 28. The van der Waals surface area contributed by atoms with Crippen molar-refractivity contribution >= 4 is 95.7 Å². The molecule has 0 aliphatic rings. The Labute approximate surface area is 295 Å². The maximum Gasteiger partial charge on any atom is 0.226 e. The first kappa shape index (κ1) is 45.6. The fourth-order valence-corrected chi connectivity index (χ4v) is 9.96. The molecule has 2 aromatic rings. The van der Waals surface area contributed by atoms with Crippen LogP contribution in [0.4, 0.5) is 22.7 Å². The van der Waals surface area contributed by atoms with E-state index < -0.39 is 50.3 Å². The van der Waals surface area contributed by atoms with Gasteiger partial charge in [0, 0.05) is 34.6 Å². The highest BCUT2D eigenvalue weighted by Crippen LogP contribution is 2.46. The summed E-state index contributed by atoms with van der Waals surface area (Å²) < 4.78 is 24.3. The Morgan fingerprint density at radius 2 is 0.612 bits per heavy atom. The monoisotopic (exact) mass is 860 g/mol. The fraction of sp³-hybridized carbons (Fsp3) is 0.579. The lowest BCUT2D eigenvalue weighted by Gasteiger charge is -2.32. The summed E-state index contributed by atoms with van der Waals surface area (Å²) in [5, 5.41) is 60.5. The van der Waals surface area contributed by atoms with Gasteiger partial charge in [-0.25, -0.2) is 31.5 Å². The Hall–Kier alpha value is 0.460. The van der Waals surface area contributed by atoms with Gasteiger partial charge in [0.05, 0.1) is 60.5 Å². The van der Waals surface area contributed by atoms with Crippen LogP contribution in [-0.4, -0.2) is 112 Å². The van der Waals surface area contributed by atoms with E-state index in [-0.39, 0.29) is 37.7 Å². The van der Waals surface area contributed by atoms with E-state index in [2.05, 4.69) is 28.0 Å². The molecule has 2 heterocycles. The van der Waals surface area contributed by atoms with Crippen LogP contribution in [0.1, 0.15) is 19.3 Å². The summed E-state index contributed by atoms with van der Waals surface area (Å²) in [6.45, 7) is 0.614. The van der Waals surface area contributed by atoms with E-state index in [0.29, 0.717) is 55.1 Å². The molecular formula is C19H38N4O18P6S2. The number of hydrogen-bond donors (Lipinski definition) is 12. The number of anilines is 4. The van der Waals surface area contributed by atoms with Gasteiger partial charge < -0.3 is 49.0 Å². The smallest absolute Gasteiger partial charge is 0.226 e. The van der Waals surface area contributed by atoms with Crippen LogP contribution < -0.4 is 19.6 Å². The van der Waals surface area contributed by atoms with Crippen LogP contribution in [0.25, 0.3) is 0 Å². The molecule has 0 saturated carbocycles. The molecule has 22 nitrogen and oxygen atoms in total. The molecule has 0 radical (unpaired) electrons. The van der Waals surface area contributed by atoms with Crippen LogP contribution in [0.2, 0.25) is 0 Å². The summed E-state index contributed by atoms with van der Waals surface area (Å²) in [7, 11) is -14.0. The van der Waals surface area contributed by atoms with Gasteiger partial charge >= 0.3 is 0 Å². The Bertz CT molecular complexity index is 1050. The summed E-state index contributed by atoms with van der Waals surface area (Å²) in [6, 6.07) is 0. The van der Waals surface area contributed by atoms with Gasteiger partial charge in [0.25, 0.3) is 0 Å². The van der Waals surface area contributed by atoms with Gasteiger partial charge in [-0.2, -0.15) is 28.0 Å². The van der Waals surface area contributed by atoms with Crippen molar-refractivity contribution in [1.29, 1.82) is 0 Å². The highest BCUT2D eigenvalue weighted by atomic mass is 32.1. The normalized spacial score (nSPS) is 15.4. The van der Waals surface area contributed by atoms with Gasteiger partial charge in [-0.3, -0.25) is 0 Å². The molecule has 0 fully saturated rings. The van der Waals surface area contributed by atoms with Crippen molar-refractivity contribution in [1.82, 2.24) is 0 Å². The molecule has 0 aromatic carbocycles. The minimum absolute atomic E-state index is 0.142. The Balaban J connectivity index is 2.21. The average Bonchev–Trinajstić information content (AvgIpc) is 3.80. The molecule has 2 aromatic heterocycles. The van der Waals surface area contributed by atoms with E-state index in [1.165, 1.54) is 32.5 Å². The molecule has 2 rings (SSSR count). The molecule has 0 aliphatic heterocycles. The van der Waals surface area contributed by atoms with Crippen LogP contribution >= 0.6 is 72.9 Å². The maximum absolute atomic E-state index is 10.1. The van der Waals surface area contributed by atoms with Crippen molar-refractivity contribution in [2.45, 2.75) is 19.3 Å². The van der Waals surface area contributed by atoms with Gasteiger partial charge in [-0.15, -0.1) is 22.7 Å². The van der Waals surface area contributed by atoms with E-state index in [9.17, 15) is 29.4 Å². The van der Waals surface area contributed by atoms with E-state index in [4.69, 9.17) is 31.5 Å². The standard InChI is InChI=1S/C19H38N4O18P6S2/c24-36-42(30)10-20(16-6-48-8-18(16)22(12-44(32)38-26)13-45(33)39-27)4-2-1-3-5-21(11-43(31)37-25)17-7-49-9-19(17)23(14-46(34)40-28)15-47(35)41-29/h6-9,24-35H,1-5,10-15H2.